The lowest BCUT2D eigenvalue weighted by atomic mass is 10.2. The molecule has 0 aromatic carbocycles. The van der Waals surface area contributed by atoms with Gasteiger partial charge >= 0.3 is 0 Å². The third-order valence-electron chi connectivity index (χ3n) is 2.71. The maximum absolute atomic E-state index is 11.9. The Kier molecular flexibility index (Phi) is 7.27. The number of aromatic nitrogens is 1. The molecule has 22 heavy (non-hydrogen) atoms. The normalized spacial score (nSPS) is 11.5. The number of pyridine rings is 1. The van der Waals surface area contributed by atoms with E-state index in [9.17, 15) is 4.79 Å². The molecule has 1 rings (SSSR count). The van der Waals surface area contributed by atoms with Gasteiger partial charge in [-0.3, -0.25) is 4.79 Å². The molecule has 0 atom stereocenters. The van der Waals surface area contributed by atoms with E-state index in [1.165, 1.54) is 6.20 Å². The van der Waals surface area contributed by atoms with Crippen LogP contribution in [0.5, 0.6) is 5.88 Å². The highest BCUT2D eigenvalue weighted by atomic mass is 16.5. The van der Waals surface area contributed by atoms with E-state index in [1.54, 1.807) is 12.1 Å². The van der Waals surface area contributed by atoms with Crippen molar-refractivity contribution in [1.82, 2.24) is 15.2 Å². The smallest absolute Gasteiger partial charge is 0.252 e. The number of hydrogen-bond donors (Lipinski definition) is 1. The van der Waals surface area contributed by atoms with Crippen LogP contribution in [0.4, 0.5) is 0 Å². The van der Waals surface area contributed by atoms with E-state index in [1.807, 2.05) is 39.8 Å². The van der Waals surface area contributed by atoms with Gasteiger partial charge in [-0.1, -0.05) is 0 Å². The number of carbonyl (C=O) groups is 1. The fourth-order valence-corrected chi connectivity index (χ4v) is 1.59. The lowest BCUT2D eigenvalue weighted by Crippen LogP contribution is -2.31. The number of likely N-dealkylation sites (N-methyl/N-ethyl adjacent to an activating group) is 1. The van der Waals surface area contributed by atoms with Gasteiger partial charge in [-0.2, -0.15) is 0 Å². The monoisotopic (exact) mass is 309 g/mol. The molecule has 0 unspecified atom stereocenters. The average molecular weight is 309 g/mol. The molecule has 0 radical (unpaired) electrons. The molecule has 0 aliphatic carbocycles. The van der Waals surface area contributed by atoms with Crippen LogP contribution >= 0.6 is 0 Å². The van der Waals surface area contributed by atoms with Crippen molar-refractivity contribution in [1.29, 1.82) is 0 Å². The lowest BCUT2D eigenvalue weighted by molar-refractivity contribution is -0.0168. The maximum atomic E-state index is 11.9. The number of nitrogens with zero attached hydrogens (tertiary/aromatic N) is 2. The highest BCUT2D eigenvalue weighted by Crippen LogP contribution is 2.09. The zero-order chi connectivity index (χ0) is 16.6. The van der Waals surface area contributed by atoms with Crippen LogP contribution < -0.4 is 10.1 Å². The first-order chi connectivity index (χ1) is 10.3. The molecule has 1 heterocycles. The Labute approximate surface area is 132 Å². The molecule has 1 aromatic rings. The molecule has 0 spiro atoms. The topological polar surface area (TPSA) is 63.7 Å². The highest BCUT2D eigenvalue weighted by molar-refractivity contribution is 5.93. The first-order valence-electron chi connectivity index (χ1n) is 7.44. The van der Waals surface area contributed by atoms with Crippen molar-refractivity contribution in [3.63, 3.8) is 0 Å². The van der Waals surface area contributed by atoms with Crippen molar-refractivity contribution in [2.75, 3.05) is 40.4 Å². The van der Waals surface area contributed by atoms with Crippen LogP contribution in [-0.2, 0) is 4.74 Å². The van der Waals surface area contributed by atoms with Gasteiger partial charge in [0.15, 0.2) is 0 Å². The van der Waals surface area contributed by atoms with Gasteiger partial charge in [-0.05, 0) is 40.9 Å². The third kappa shape index (κ3) is 7.95. The molecule has 0 aliphatic rings. The lowest BCUT2D eigenvalue weighted by Gasteiger charge is -2.19. The highest BCUT2D eigenvalue weighted by Gasteiger charge is 2.10. The summed E-state index contributed by atoms with van der Waals surface area (Å²) >= 11 is 0. The van der Waals surface area contributed by atoms with E-state index in [0.717, 1.165) is 6.54 Å². The van der Waals surface area contributed by atoms with E-state index in [0.29, 0.717) is 31.2 Å². The molecule has 0 saturated heterocycles. The van der Waals surface area contributed by atoms with E-state index in [4.69, 9.17) is 9.47 Å². The molecular weight excluding hydrogens is 282 g/mol. The van der Waals surface area contributed by atoms with E-state index in [2.05, 4.69) is 10.3 Å². The predicted octanol–water partition coefficient (Wildman–Crippen LogP) is 1.57. The Morgan fingerprint density at radius 3 is 2.55 bits per heavy atom. The first kappa shape index (κ1) is 18.4. The van der Waals surface area contributed by atoms with Gasteiger partial charge in [-0.15, -0.1) is 0 Å². The minimum Gasteiger partial charge on any atom is -0.475 e. The summed E-state index contributed by atoms with van der Waals surface area (Å²) in [6.07, 6.45) is 1.52. The molecule has 0 fully saturated rings. The van der Waals surface area contributed by atoms with Crippen molar-refractivity contribution in [3.8, 4) is 5.88 Å². The largest absolute Gasteiger partial charge is 0.475 e. The summed E-state index contributed by atoms with van der Waals surface area (Å²) in [5.41, 5.74) is 0.350. The minimum absolute atomic E-state index is 0.128. The van der Waals surface area contributed by atoms with Gasteiger partial charge in [0.2, 0.25) is 5.88 Å². The first-order valence-corrected chi connectivity index (χ1v) is 7.44. The molecular formula is C16H27N3O3. The minimum atomic E-state index is -0.175. The Bertz CT molecular complexity index is 453. The van der Waals surface area contributed by atoms with Crippen LogP contribution in [0.3, 0.4) is 0 Å². The zero-order valence-corrected chi connectivity index (χ0v) is 14.2. The molecule has 6 nitrogen and oxygen atoms in total. The summed E-state index contributed by atoms with van der Waals surface area (Å²) in [5, 5.41) is 2.84. The SMILES string of the molecule is CN(C)CCNC(=O)c1ccc(OCCOC(C)(C)C)nc1. The van der Waals surface area contributed by atoms with Crippen molar-refractivity contribution in [2.45, 2.75) is 26.4 Å². The van der Waals surface area contributed by atoms with Crippen molar-refractivity contribution in [2.24, 2.45) is 0 Å². The fraction of sp³-hybridized carbons (Fsp3) is 0.625. The number of rotatable bonds is 8. The van der Waals surface area contributed by atoms with Gasteiger partial charge in [0.1, 0.15) is 6.61 Å². The van der Waals surface area contributed by atoms with Gasteiger partial charge < -0.3 is 19.7 Å². The van der Waals surface area contributed by atoms with Gasteiger partial charge in [0.05, 0.1) is 17.8 Å². The maximum Gasteiger partial charge on any atom is 0.252 e. The third-order valence-corrected chi connectivity index (χ3v) is 2.71. The summed E-state index contributed by atoms with van der Waals surface area (Å²) in [6, 6.07) is 3.40. The summed E-state index contributed by atoms with van der Waals surface area (Å²) in [4.78, 5) is 18.0. The van der Waals surface area contributed by atoms with E-state index >= 15 is 0 Å². The van der Waals surface area contributed by atoms with Crippen LogP contribution in [0.1, 0.15) is 31.1 Å². The van der Waals surface area contributed by atoms with Crippen molar-refractivity contribution < 1.29 is 14.3 Å². The summed E-state index contributed by atoms with van der Waals surface area (Å²) < 4.78 is 11.0. The second-order valence-corrected chi connectivity index (χ2v) is 6.25. The quantitative estimate of drug-likeness (QED) is 0.739. The molecule has 124 valence electrons. The number of nitrogens with one attached hydrogen (secondary N) is 1. The second kappa shape index (κ2) is 8.70. The standard InChI is InChI=1S/C16H27N3O3/c1-16(2,3)22-11-10-21-14-7-6-13(12-18-14)15(20)17-8-9-19(4)5/h6-7,12H,8-11H2,1-5H3,(H,17,20). The predicted molar refractivity (Wildman–Crippen MR) is 86.3 cm³/mol. The van der Waals surface area contributed by atoms with Crippen molar-refractivity contribution in [3.05, 3.63) is 23.9 Å². The second-order valence-electron chi connectivity index (χ2n) is 6.25. The molecule has 1 amide bonds. The van der Waals surface area contributed by atoms with Crippen LogP contribution in [0.2, 0.25) is 0 Å². The Morgan fingerprint density at radius 1 is 1.27 bits per heavy atom. The average Bonchev–Trinajstić information content (AvgIpc) is 2.43. The number of ether oxygens (including phenoxy) is 2. The van der Waals surface area contributed by atoms with Crippen LogP contribution in [0.25, 0.3) is 0 Å². The number of hydrogen-bond acceptors (Lipinski definition) is 5. The zero-order valence-electron chi connectivity index (χ0n) is 14.2. The number of carbonyl (C=O) groups excluding carboxylic acids is 1. The van der Waals surface area contributed by atoms with Crippen LogP contribution in [-0.4, -0.2) is 61.8 Å². The summed E-state index contributed by atoms with van der Waals surface area (Å²) in [6.45, 7) is 8.32. The van der Waals surface area contributed by atoms with Crippen LogP contribution in [0, 0.1) is 0 Å². The summed E-state index contributed by atoms with van der Waals surface area (Å²) in [7, 11) is 3.92. The van der Waals surface area contributed by atoms with E-state index in [-0.39, 0.29) is 11.5 Å². The molecule has 6 heteroatoms. The van der Waals surface area contributed by atoms with E-state index < -0.39 is 0 Å². The fourth-order valence-electron chi connectivity index (χ4n) is 1.59. The molecule has 0 saturated carbocycles. The molecule has 0 aliphatic heterocycles. The molecule has 1 aromatic heterocycles. The van der Waals surface area contributed by atoms with Crippen molar-refractivity contribution >= 4 is 5.91 Å². The molecule has 0 bridgehead atoms. The van der Waals surface area contributed by atoms with Gasteiger partial charge in [-0.25, -0.2) is 4.98 Å². The molecule has 1 N–H and O–H groups in total. The Balaban J connectivity index is 2.34. The van der Waals surface area contributed by atoms with Gasteiger partial charge in [0, 0.05) is 25.4 Å². The van der Waals surface area contributed by atoms with Gasteiger partial charge in [0.25, 0.3) is 5.91 Å². The van der Waals surface area contributed by atoms with Crippen LogP contribution in [0.15, 0.2) is 18.3 Å². The number of amides is 1. The summed E-state index contributed by atoms with van der Waals surface area (Å²) in [5.74, 6) is 0.360. The Morgan fingerprint density at radius 2 is 2.00 bits per heavy atom. The Hall–Kier alpha value is -1.66.